The Morgan fingerprint density at radius 1 is 0.842 bits per heavy atom. The van der Waals surface area contributed by atoms with Gasteiger partial charge in [0.1, 0.15) is 41.3 Å². The molecule has 0 aromatic heterocycles. The van der Waals surface area contributed by atoms with Gasteiger partial charge in [-0.1, -0.05) is 10.0 Å². The average molecular weight is 274 g/mol. The lowest BCUT2D eigenvalue weighted by molar-refractivity contribution is -1.56. The Morgan fingerprint density at radius 3 is 1.58 bits per heavy atom. The van der Waals surface area contributed by atoms with E-state index in [0.29, 0.717) is 13.1 Å². The smallest absolute Gasteiger partial charge is 0.263 e. The van der Waals surface area contributed by atoms with Crippen molar-refractivity contribution in [2.75, 3.05) is 54.4 Å². The van der Waals surface area contributed by atoms with Crippen molar-refractivity contribution in [1.82, 2.24) is 10.0 Å². The lowest BCUT2D eigenvalue weighted by atomic mass is 10.4. The highest BCUT2D eigenvalue weighted by molar-refractivity contribution is 5.79. The van der Waals surface area contributed by atoms with Crippen molar-refractivity contribution in [2.45, 2.75) is 0 Å². The molecule has 0 saturated carbocycles. The van der Waals surface area contributed by atoms with Gasteiger partial charge in [-0.25, -0.2) is 0 Å². The third-order valence-electron chi connectivity index (χ3n) is 3.40. The van der Waals surface area contributed by atoms with Crippen LogP contribution < -0.4 is 0 Å². The molecule has 0 N–H and O–H groups in total. The first-order valence-corrected chi connectivity index (χ1v) is 6.25. The highest BCUT2D eigenvalue weighted by Crippen LogP contribution is 2.37. The Balaban J connectivity index is 2.07. The van der Waals surface area contributed by atoms with Gasteiger partial charge in [-0.3, -0.25) is 9.59 Å². The normalized spacial score (nSPS) is 31.2. The molecular weight excluding hydrogens is 254 g/mol. The van der Waals surface area contributed by atoms with Gasteiger partial charge in [-0.05, 0) is 0 Å². The zero-order chi connectivity index (χ0) is 14.1. The molecule has 0 radical (unpaired) electrons. The molecule has 9 nitrogen and oxygen atoms in total. The quantitative estimate of drug-likeness (QED) is 0.488. The number of hydrogen-bond acceptors (Lipinski definition) is 4. The topological polar surface area (TPSA) is 59.1 Å². The van der Waals surface area contributed by atoms with E-state index >= 15 is 0 Å². The number of carbonyl (C=O) groups excluding carboxylic acids is 2. The number of rotatable bonds is 0. The van der Waals surface area contributed by atoms with Gasteiger partial charge in [0.2, 0.25) is 0 Å². The van der Waals surface area contributed by atoms with Crippen molar-refractivity contribution < 1.29 is 33.8 Å². The maximum absolute atomic E-state index is 12.2. The van der Waals surface area contributed by atoms with Crippen LogP contribution in [0.25, 0.3) is 0 Å². The molecule has 0 aromatic rings. The monoisotopic (exact) mass is 274 g/mol. The number of amides is 2. The Labute approximate surface area is 111 Å². The first-order valence-electron chi connectivity index (χ1n) is 6.25. The molecule has 3 saturated heterocycles. The maximum Gasteiger partial charge on any atom is 0.334 e. The van der Waals surface area contributed by atoms with Crippen LogP contribution in [0.15, 0.2) is 0 Å². The van der Waals surface area contributed by atoms with Crippen molar-refractivity contribution in [1.29, 1.82) is 0 Å². The minimum absolute atomic E-state index is 0.0130. The van der Waals surface area contributed by atoms with Crippen LogP contribution in [0.2, 0.25) is 0 Å². The van der Waals surface area contributed by atoms with Gasteiger partial charge >= 0.3 is 11.8 Å². The van der Waals surface area contributed by atoms with E-state index in [1.165, 1.54) is 10.0 Å². The van der Waals surface area contributed by atoms with Crippen molar-refractivity contribution in [3.63, 3.8) is 0 Å². The molecule has 19 heavy (non-hydrogen) atoms. The summed E-state index contributed by atoms with van der Waals surface area (Å²) >= 11 is 0. The number of hydroxylamine groups is 6. The van der Waals surface area contributed by atoms with E-state index in [4.69, 9.17) is 9.88 Å². The van der Waals surface area contributed by atoms with Crippen molar-refractivity contribution in [3.8, 4) is 0 Å². The van der Waals surface area contributed by atoms with Gasteiger partial charge in [0, 0.05) is 0 Å². The fourth-order valence-electron chi connectivity index (χ4n) is 2.74. The molecule has 3 aliphatic rings. The van der Waals surface area contributed by atoms with Gasteiger partial charge in [0.25, 0.3) is 5.03 Å². The molecule has 3 heterocycles. The summed E-state index contributed by atoms with van der Waals surface area (Å²) in [5.41, 5.74) is 0. The Bertz CT molecular complexity index is 421. The molecule has 0 bridgehead atoms. The minimum atomic E-state index is -0.600. The van der Waals surface area contributed by atoms with Crippen LogP contribution in [0, 0.1) is 0 Å². The standard InChI is InChI=1S/C10H20N5O4/c1-13(2)7-9(16)11-5-6-12-10(17)8-14(3,4)19-15(11,12)18-13/h5-8H2,1-4H3/q+3. The van der Waals surface area contributed by atoms with E-state index in [-0.39, 0.29) is 34.2 Å². The Morgan fingerprint density at radius 2 is 1.21 bits per heavy atom. The lowest BCUT2D eigenvalue weighted by Crippen LogP contribution is -2.80. The number of nitrogens with zero attached hydrogens (tertiary/aromatic N) is 5. The van der Waals surface area contributed by atoms with E-state index in [1.54, 1.807) is 28.2 Å². The molecule has 2 amide bonds. The molecule has 3 fully saturated rings. The van der Waals surface area contributed by atoms with Gasteiger partial charge < -0.3 is 0 Å². The molecule has 1 spiro atoms. The predicted octanol–water partition coefficient (Wildman–Crippen LogP) is -1.82. The summed E-state index contributed by atoms with van der Waals surface area (Å²) in [5, 5.41) is 2.32. The second kappa shape index (κ2) is 3.44. The highest BCUT2D eigenvalue weighted by Gasteiger charge is 2.73. The number of hydrogen-bond donors (Lipinski definition) is 0. The lowest BCUT2D eigenvalue weighted by Gasteiger charge is -2.45. The largest absolute Gasteiger partial charge is 0.334 e. The first-order chi connectivity index (χ1) is 8.65. The van der Waals surface area contributed by atoms with Crippen LogP contribution in [-0.4, -0.2) is 90.5 Å². The van der Waals surface area contributed by atoms with E-state index in [0.717, 1.165) is 0 Å². The second-order valence-corrected chi connectivity index (χ2v) is 6.15. The van der Waals surface area contributed by atoms with Crippen LogP contribution in [0.5, 0.6) is 0 Å². The third kappa shape index (κ3) is 1.74. The molecule has 0 unspecified atom stereocenters. The average Bonchev–Trinajstić information content (AvgIpc) is 2.51. The van der Waals surface area contributed by atoms with E-state index < -0.39 is 5.03 Å². The fourth-order valence-corrected chi connectivity index (χ4v) is 2.74. The summed E-state index contributed by atoms with van der Waals surface area (Å²) in [6, 6.07) is 0. The van der Waals surface area contributed by atoms with E-state index in [9.17, 15) is 9.59 Å². The van der Waals surface area contributed by atoms with Gasteiger partial charge in [0.15, 0.2) is 13.1 Å². The predicted molar refractivity (Wildman–Crippen MR) is 59.8 cm³/mol. The van der Waals surface area contributed by atoms with Crippen molar-refractivity contribution in [3.05, 3.63) is 0 Å². The summed E-state index contributed by atoms with van der Waals surface area (Å²) in [5.74, 6) is -0.179. The molecule has 106 valence electrons. The van der Waals surface area contributed by atoms with E-state index in [2.05, 4.69) is 0 Å². The van der Waals surface area contributed by atoms with Crippen LogP contribution in [0.3, 0.4) is 0 Å². The summed E-state index contributed by atoms with van der Waals surface area (Å²) in [6.07, 6.45) is 0. The minimum Gasteiger partial charge on any atom is -0.263 e. The third-order valence-corrected chi connectivity index (χ3v) is 3.40. The summed E-state index contributed by atoms with van der Waals surface area (Å²) in [6.45, 7) is 1.28. The summed E-state index contributed by atoms with van der Waals surface area (Å²) in [4.78, 5) is 36.3. The number of quaternary nitrogens is 3. The fraction of sp³-hybridized carbons (Fsp3) is 0.800. The van der Waals surface area contributed by atoms with E-state index in [1.807, 2.05) is 0 Å². The molecular formula is C10H20N5O4+3. The summed E-state index contributed by atoms with van der Waals surface area (Å²) < 4.78 is 0.0260. The second-order valence-electron chi connectivity index (χ2n) is 6.15. The molecule has 0 atom stereocenters. The first kappa shape index (κ1) is 12.8. The van der Waals surface area contributed by atoms with Gasteiger partial charge in [0.05, 0.1) is 9.88 Å². The highest BCUT2D eigenvalue weighted by atomic mass is 17.2. The molecule has 3 rings (SSSR count). The molecule has 0 aromatic carbocycles. The maximum atomic E-state index is 12.2. The Kier molecular flexibility index (Phi) is 2.31. The van der Waals surface area contributed by atoms with Crippen LogP contribution in [0.1, 0.15) is 0 Å². The SMILES string of the molecule is C[N+]1(C)CC(=O)N2CCN3C(=O)C[N+](C)(C)O[N+]23O1. The molecule has 0 aliphatic carbocycles. The summed E-state index contributed by atoms with van der Waals surface area (Å²) in [7, 11) is 7.06. The zero-order valence-corrected chi connectivity index (χ0v) is 11.7. The van der Waals surface area contributed by atoms with Crippen LogP contribution in [-0.2, 0) is 19.5 Å². The Hall–Kier alpha value is -1.26. The molecule has 9 heteroatoms. The van der Waals surface area contributed by atoms with Gasteiger partial charge in [-0.2, -0.15) is 0 Å². The van der Waals surface area contributed by atoms with Crippen LogP contribution >= 0.6 is 0 Å². The van der Waals surface area contributed by atoms with Gasteiger partial charge in [-0.15, -0.1) is 9.29 Å². The van der Waals surface area contributed by atoms with Crippen LogP contribution in [0.4, 0.5) is 0 Å². The zero-order valence-electron chi connectivity index (χ0n) is 11.7. The number of likely N-dealkylation sites (N-methyl/N-ethyl adjacent to an activating group) is 2. The van der Waals surface area contributed by atoms with Crippen molar-refractivity contribution >= 4 is 11.8 Å². The molecule has 3 aliphatic heterocycles. The van der Waals surface area contributed by atoms with Crippen molar-refractivity contribution in [2.24, 2.45) is 0 Å². The number of carbonyl (C=O) groups is 2.